The molecule has 2 rings (SSSR count). The van der Waals surface area contributed by atoms with Gasteiger partial charge in [-0.05, 0) is 75.3 Å². The highest BCUT2D eigenvalue weighted by Gasteiger charge is 2.14. The predicted octanol–water partition coefficient (Wildman–Crippen LogP) is 4.35. The Labute approximate surface area is 160 Å². The molecule has 0 saturated heterocycles. The van der Waals surface area contributed by atoms with Crippen molar-refractivity contribution in [2.45, 2.75) is 6.92 Å². The van der Waals surface area contributed by atoms with Crippen LogP contribution in [0.5, 0.6) is 0 Å². The summed E-state index contributed by atoms with van der Waals surface area (Å²) in [7, 11) is 0. The number of amides is 1. The number of aryl methyl sites for hydroxylation is 1. The van der Waals surface area contributed by atoms with Crippen LogP contribution >= 0.6 is 44.1 Å². The summed E-state index contributed by atoms with van der Waals surface area (Å²) in [4.78, 5) is 23.2. The Morgan fingerprint density at radius 1 is 1.04 bits per heavy atom. The van der Waals surface area contributed by atoms with E-state index in [-0.39, 0.29) is 16.6 Å². The SMILES string of the molecule is Cc1ccc(C(=O)NC(=S)Nc2c(Br)cc(C(=O)O)cc2Br)cc1. The van der Waals surface area contributed by atoms with Crippen LogP contribution in [0.15, 0.2) is 45.3 Å². The monoisotopic (exact) mass is 470 g/mol. The first-order chi connectivity index (χ1) is 11.3. The Kier molecular flexibility index (Phi) is 6.09. The lowest BCUT2D eigenvalue weighted by Crippen LogP contribution is -2.34. The summed E-state index contributed by atoms with van der Waals surface area (Å²) in [5.74, 6) is -1.37. The smallest absolute Gasteiger partial charge is 0.335 e. The van der Waals surface area contributed by atoms with Gasteiger partial charge in [0.1, 0.15) is 0 Å². The summed E-state index contributed by atoms with van der Waals surface area (Å²) >= 11 is 11.7. The van der Waals surface area contributed by atoms with Gasteiger partial charge in [-0.1, -0.05) is 17.7 Å². The Morgan fingerprint density at radius 3 is 2.08 bits per heavy atom. The molecule has 2 aromatic rings. The maximum atomic E-state index is 12.1. The van der Waals surface area contributed by atoms with Crippen molar-refractivity contribution in [3.05, 3.63) is 62.0 Å². The summed E-state index contributed by atoms with van der Waals surface area (Å²) in [6.45, 7) is 1.93. The molecule has 0 heterocycles. The van der Waals surface area contributed by atoms with Gasteiger partial charge in [0, 0.05) is 14.5 Å². The van der Waals surface area contributed by atoms with Gasteiger partial charge in [-0.25, -0.2) is 4.79 Å². The van der Waals surface area contributed by atoms with Gasteiger partial charge in [-0.15, -0.1) is 0 Å². The van der Waals surface area contributed by atoms with Crippen LogP contribution in [0.2, 0.25) is 0 Å². The fourth-order valence-electron chi connectivity index (χ4n) is 1.84. The number of nitrogens with one attached hydrogen (secondary N) is 2. The van der Waals surface area contributed by atoms with Crippen LogP contribution in [0.1, 0.15) is 26.3 Å². The van der Waals surface area contributed by atoms with E-state index in [0.717, 1.165) is 5.56 Å². The molecule has 0 aliphatic heterocycles. The highest BCUT2D eigenvalue weighted by molar-refractivity contribution is 9.11. The van der Waals surface area contributed by atoms with Crippen LogP contribution in [0.3, 0.4) is 0 Å². The summed E-state index contributed by atoms with van der Waals surface area (Å²) in [5, 5.41) is 14.6. The lowest BCUT2D eigenvalue weighted by molar-refractivity contribution is 0.0696. The minimum atomic E-state index is -1.04. The van der Waals surface area contributed by atoms with Gasteiger partial charge < -0.3 is 10.4 Å². The highest BCUT2D eigenvalue weighted by Crippen LogP contribution is 2.32. The fourth-order valence-corrected chi connectivity index (χ4v) is 3.42. The van der Waals surface area contributed by atoms with Crippen molar-refractivity contribution < 1.29 is 14.7 Å². The van der Waals surface area contributed by atoms with Crippen molar-refractivity contribution in [2.75, 3.05) is 5.32 Å². The Balaban J connectivity index is 2.11. The summed E-state index contributed by atoms with van der Waals surface area (Å²) in [6.07, 6.45) is 0. The van der Waals surface area contributed by atoms with E-state index in [9.17, 15) is 9.59 Å². The molecule has 0 saturated carbocycles. The molecule has 0 aliphatic carbocycles. The number of hydrogen-bond donors (Lipinski definition) is 3. The van der Waals surface area contributed by atoms with Crippen molar-refractivity contribution in [2.24, 2.45) is 0 Å². The average molecular weight is 472 g/mol. The summed E-state index contributed by atoms with van der Waals surface area (Å²) in [5.41, 5.74) is 2.19. The third-order valence-electron chi connectivity index (χ3n) is 3.07. The topological polar surface area (TPSA) is 78.4 Å². The second kappa shape index (κ2) is 7.87. The van der Waals surface area contributed by atoms with Gasteiger partial charge in [-0.3, -0.25) is 10.1 Å². The molecule has 8 heteroatoms. The van der Waals surface area contributed by atoms with Crippen molar-refractivity contribution in [3.63, 3.8) is 0 Å². The molecule has 0 aliphatic rings. The van der Waals surface area contributed by atoms with E-state index in [2.05, 4.69) is 42.5 Å². The van der Waals surface area contributed by atoms with Crippen LogP contribution in [-0.4, -0.2) is 22.1 Å². The minimum Gasteiger partial charge on any atom is -0.478 e. The first kappa shape index (κ1) is 18.6. The fraction of sp³-hybridized carbons (Fsp3) is 0.0625. The minimum absolute atomic E-state index is 0.102. The quantitative estimate of drug-likeness (QED) is 0.580. The van der Waals surface area contributed by atoms with E-state index in [4.69, 9.17) is 17.3 Å². The maximum absolute atomic E-state index is 12.1. The van der Waals surface area contributed by atoms with Crippen LogP contribution in [0.25, 0.3) is 0 Å². The number of hydrogen-bond acceptors (Lipinski definition) is 3. The second-order valence-electron chi connectivity index (χ2n) is 4.89. The van der Waals surface area contributed by atoms with Crippen LogP contribution < -0.4 is 10.6 Å². The Morgan fingerprint density at radius 2 is 1.58 bits per heavy atom. The molecule has 0 aromatic heterocycles. The largest absolute Gasteiger partial charge is 0.478 e. The number of carbonyl (C=O) groups excluding carboxylic acids is 1. The van der Waals surface area contributed by atoms with Crippen molar-refractivity contribution in [3.8, 4) is 0 Å². The van der Waals surface area contributed by atoms with E-state index in [1.54, 1.807) is 12.1 Å². The molecule has 3 N–H and O–H groups in total. The predicted molar refractivity (Wildman–Crippen MR) is 104 cm³/mol. The van der Waals surface area contributed by atoms with Gasteiger partial charge in [0.15, 0.2) is 5.11 Å². The number of benzene rings is 2. The molecule has 0 unspecified atom stereocenters. The molecule has 124 valence electrons. The van der Waals surface area contributed by atoms with Gasteiger partial charge in [0.2, 0.25) is 0 Å². The lowest BCUT2D eigenvalue weighted by atomic mass is 10.1. The maximum Gasteiger partial charge on any atom is 0.335 e. The van der Waals surface area contributed by atoms with Crippen LogP contribution in [-0.2, 0) is 0 Å². The van der Waals surface area contributed by atoms with E-state index in [0.29, 0.717) is 20.2 Å². The zero-order valence-electron chi connectivity index (χ0n) is 12.4. The normalized spacial score (nSPS) is 10.1. The van der Waals surface area contributed by atoms with E-state index < -0.39 is 5.97 Å². The summed E-state index contributed by atoms with van der Waals surface area (Å²) in [6, 6.07) is 9.98. The van der Waals surface area contributed by atoms with Crippen molar-refractivity contribution in [1.82, 2.24) is 5.32 Å². The molecular weight excluding hydrogens is 460 g/mol. The number of carboxylic acids is 1. The molecule has 1 amide bonds. The number of carbonyl (C=O) groups is 2. The van der Waals surface area contributed by atoms with E-state index in [1.165, 1.54) is 12.1 Å². The average Bonchev–Trinajstić information content (AvgIpc) is 2.51. The van der Waals surface area contributed by atoms with E-state index >= 15 is 0 Å². The standard InChI is InChI=1S/C16H12Br2N2O3S/c1-8-2-4-9(5-3-8)14(21)20-16(24)19-13-11(17)6-10(15(22)23)7-12(13)18/h2-7H,1H3,(H,22,23)(H2,19,20,21,24). The zero-order chi connectivity index (χ0) is 17.9. The summed E-state index contributed by atoms with van der Waals surface area (Å²) < 4.78 is 1.00. The molecular formula is C16H12Br2N2O3S. The third-order valence-corrected chi connectivity index (χ3v) is 4.52. The van der Waals surface area contributed by atoms with Crippen LogP contribution in [0.4, 0.5) is 5.69 Å². The second-order valence-corrected chi connectivity index (χ2v) is 7.01. The molecule has 2 aromatic carbocycles. The van der Waals surface area contributed by atoms with Gasteiger partial charge >= 0.3 is 5.97 Å². The lowest BCUT2D eigenvalue weighted by Gasteiger charge is -2.13. The molecule has 0 spiro atoms. The van der Waals surface area contributed by atoms with Crippen LogP contribution in [0, 0.1) is 6.92 Å². The highest BCUT2D eigenvalue weighted by atomic mass is 79.9. The molecule has 5 nitrogen and oxygen atoms in total. The number of halogens is 2. The van der Waals surface area contributed by atoms with Gasteiger partial charge in [0.05, 0.1) is 11.3 Å². The molecule has 0 fully saturated rings. The molecule has 24 heavy (non-hydrogen) atoms. The Hall–Kier alpha value is -1.77. The molecule has 0 atom stereocenters. The first-order valence-corrected chi connectivity index (χ1v) is 8.68. The van der Waals surface area contributed by atoms with Crippen molar-refractivity contribution >= 4 is 66.8 Å². The number of thiocarbonyl (C=S) groups is 1. The van der Waals surface area contributed by atoms with Gasteiger partial charge in [-0.2, -0.15) is 0 Å². The van der Waals surface area contributed by atoms with Gasteiger partial charge in [0.25, 0.3) is 5.91 Å². The molecule has 0 bridgehead atoms. The number of anilines is 1. The first-order valence-electron chi connectivity index (χ1n) is 6.69. The van der Waals surface area contributed by atoms with E-state index in [1.807, 2.05) is 19.1 Å². The molecule has 0 radical (unpaired) electrons. The number of aromatic carboxylic acids is 1. The zero-order valence-corrected chi connectivity index (χ0v) is 16.4. The Bertz CT molecular complexity index is 800. The number of rotatable bonds is 3. The van der Waals surface area contributed by atoms with Crippen molar-refractivity contribution in [1.29, 1.82) is 0 Å². The number of carboxylic acid groups (broad SMARTS) is 1. The third kappa shape index (κ3) is 4.62.